The van der Waals surface area contributed by atoms with Crippen LogP contribution in [0.5, 0.6) is 5.75 Å². The maximum atomic E-state index is 9.55. The van der Waals surface area contributed by atoms with Crippen molar-refractivity contribution >= 4 is 11.6 Å². The van der Waals surface area contributed by atoms with E-state index >= 15 is 0 Å². The van der Waals surface area contributed by atoms with Gasteiger partial charge in [0.15, 0.2) is 0 Å². The molecule has 0 radical (unpaired) electrons. The van der Waals surface area contributed by atoms with E-state index < -0.39 is 0 Å². The molecule has 72 valence electrons. The zero-order valence-electron chi connectivity index (χ0n) is 7.56. The Kier molecular flexibility index (Phi) is 3.14. The van der Waals surface area contributed by atoms with Gasteiger partial charge in [0, 0.05) is 12.1 Å². The maximum Gasteiger partial charge on any atom is 0.139 e. The SMILES string of the molecule is Cc1cc(CNO)c(O)c(Cl)c1C. The molecule has 1 aromatic carbocycles. The third kappa shape index (κ3) is 1.94. The van der Waals surface area contributed by atoms with Crippen molar-refractivity contribution in [3.05, 3.63) is 27.8 Å². The zero-order chi connectivity index (χ0) is 10.0. The number of hydrogen-bond acceptors (Lipinski definition) is 3. The molecule has 0 aliphatic carbocycles. The van der Waals surface area contributed by atoms with Crippen molar-refractivity contribution in [2.24, 2.45) is 0 Å². The predicted octanol–water partition coefficient (Wildman–Crippen LogP) is 2.14. The number of aromatic hydroxyl groups is 1. The monoisotopic (exact) mass is 201 g/mol. The van der Waals surface area contributed by atoms with Crippen molar-refractivity contribution in [1.29, 1.82) is 0 Å². The quantitative estimate of drug-likeness (QED) is 0.643. The minimum Gasteiger partial charge on any atom is -0.506 e. The van der Waals surface area contributed by atoms with Gasteiger partial charge in [0.05, 0.1) is 5.02 Å². The highest BCUT2D eigenvalue weighted by Gasteiger charge is 2.10. The van der Waals surface area contributed by atoms with Crippen LogP contribution >= 0.6 is 11.6 Å². The largest absolute Gasteiger partial charge is 0.506 e. The minimum atomic E-state index is 0.0336. The third-order valence-corrected chi connectivity index (χ3v) is 2.56. The highest BCUT2D eigenvalue weighted by atomic mass is 35.5. The standard InChI is InChI=1S/C9H12ClNO2/c1-5-3-7(4-11-13)9(12)8(10)6(5)2/h3,11-13H,4H2,1-2H3. The zero-order valence-corrected chi connectivity index (χ0v) is 8.31. The smallest absolute Gasteiger partial charge is 0.139 e. The number of rotatable bonds is 2. The van der Waals surface area contributed by atoms with Gasteiger partial charge in [-0.3, -0.25) is 0 Å². The van der Waals surface area contributed by atoms with Crippen molar-refractivity contribution in [3.63, 3.8) is 0 Å². The van der Waals surface area contributed by atoms with Crippen LogP contribution < -0.4 is 5.48 Å². The number of benzene rings is 1. The summed E-state index contributed by atoms with van der Waals surface area (Å²) in [5.41, 5.74) is 4.43. The second kappa shape index (κ2) is 3.96. The van der Waals surface area contributed by atoms with E-state index in [0.29, 0.717) is 10.6 Å². The van der Waals surface area contributed by atoms with Crippen molar-refractivity contribution in [2.75, 3.05) is 0 Å². The van der Waals surface area contributed by atoms with Crippen LogP contribution in [0.3, 0.4) is 0 Å². The number of hydroxylamine groups is 1. The lowest BCUT2D eigenvalue weighted by Crippen LogP contribution is -2.07. The van der Waals surface area contributed by atoms with Crippen LogP contribution in [-0.4, -0.2) is 10.3 Å². The minimum absolute atomic E-state index is 0.0336. The summed E-state index contributed by atoms with van der Waals surface area (Å²) in [5, 5.41) is 18.4. The molecule has 0 aliphatic heterocycles. The molecule has 0 atom stereocenters. The van der Waals surface area contributed by atoms with Gasteiger partial charge in [-0.2, -0.15) is 0 Å². The van der Waals surface area contributed by atoms with Crippen LogP contribution in [0.2, 0.25) is 5.02 Å². The Balaban J connectivity index is 3.24. The van der Waals surface area contributed by atoms with Gasteiger partial charge in [0.25, 0.3) is 0 Å². The molecule has 3 nitrogen and oxygen atoms in total. The van der Waals surface area contributed by atoms with E-state index in [1.807, 2.05) is 19.3 Å². The van der Waals surface area contributed by atoms with E-state index in [9.17, 15) is 5.11 Å². The summed E-state index contributed by atoms with van der Waals surface area (Å²) >= 11 is 5.86. The Bertz CT molecular complexity index is 326. The molecule has 3 N–H and O–H groups in total. The molecule has 0 spiro atoms. The normalized spacial score (nSPS) is 10.5. The van der Waals surface area contributed by atoms with Gasteiger partial charge in [-0.05, 0) is 25.0 Å². The second-order valence-electron chi connectivity index (χ2n) is 2.98. The summed E-state index contributed by atoms with van der Waals surface area (Å²) in [4.78, 5) is 0. The van der Waals surface area contributed by atoms with Crippen LogP contribution in [0.4, 0.5) is 0 Å². The molecule has 0 unspecified atom stereocenters. The van der Waals surface area contributed by atoms with Gasteiger partial charge in [-0.25, -0.2) is 5.48 Å². The summed E-state index contributed by atoms with van der Waals surface area (Å²) in [6.45, 7) is 3.93. The summed E-state index contributed by atoms with van der Waals surface area (Å²) < 4.78 is 0. The van der Waals surface area contributed by atoms with Gasteiger partial charge in [-0.1, -0.05) is 17.7 Å². The molecule has 4 heteroatoms. The van der Waals surface area contributed by atoms with E-state index in [2.05, 4.69) is 0 Å². The molecular formula is C9H12ClNO2. The van der Waals surface area contributed by atoms with Crippen molar-refractivity contribution in [2.45, 2.75) is 20.4 Å². The molecule has 0 amide bonds. The number of phenolic OH excluding ortho intramolecular Hbond substituents is 1. The molecule has 1 rings (SSSR count). The lowest BCUT2D eigenvalue weighted by Gasteiger charge is -2.10. The van der Waals surface area contributed by atoms with E-state index in [1.54, 1.807) is 6.07 Å². The first-order valence-electron chi connectivity index (χ1n) is 3.92. The molecule has 0 bridgehead atoms. The van der Waals surface area contributed by atoms with Crippen LogP contribution in [-0.2, 0) is 6.54 Å². The molecular weight excluding hydrogens is 190 g/mol. The number of halogens is 1. The number of hydrogen-bond donors (Lipinski definition) is 3. The Labute approximate surface area is 81.9 Å². The van der Waals surface area contributed by atoms with Gasteiger partial charge in [0.2, 0.25) is 0 Å². The van der Waals surface area contributed by atoms with E-state index in [0.717, 1.165) is 11.1 Å². The van der Waals surface area contributed by atoms with Crippen molar-refractivity contribution < 1.29 is 10.3 Å². The number of aryl methyl sites for hydroxylation is 1. The number of nitrogens with one attached hydrogen (secondary N) is 1. The van der Waals surface area contributed by atoms with Gasteiger partial charge >= 0.3 is 0 Å². The summed E-state index contributed by atoms with van der Waals surface area (Å²) in [7, 11) is 0. The van der Waals surface area contributed by atoms with Crippen LogP contribution in [0, 0.1) is 13.8 Å². The van der Waals surface area contributed by atoms with E-state index in [4.69, 9.17) is 16.8 Å². The van der Waals surface area contributed by atoms with Gasteiger partial charge < -0.3 is 10.3 Å². The molecule has 0 aliphatic rings. The fraction of sp³-hybridized carbons (Fsp3) is 0.333. The van der Waals surface area contributed by atoms with Crippen LogP contribution in [0.15, 0.2) is 6.07 Å². The molecule has 13 heavy (non-hydrogen) atoms. The Hall–Kier alpha value is -0.770. The fourth-order valence-electron chi connectivity index (χ4n) is 1.15. The van der Waals surface area contributed by atoms with Crippen LogP contribution in [0.1, 0.15) is 16.7 Å². The van der Waals surface area contributed by atoms with Crippen molar-refractivity contribution in [3.8, 4) is 5.75 Å². The maximum absolute atomic E-state index is 9.55. The van der Waals surface area contributed by atoms with Gasteiger partial charge in [0.1, 0.15) is 5.75 Å². The molecule has 0 saturated carbocycles. The number of phenols is 1. The molecule has 0 saturated heterocycles. The average molecular weight is 202 g/mol. The summed E-state index contributed by atoms with van der Waals surface area (Å²) in [5.74, 6) is 0.0336. The molecule has 0 fully saturated rings. The molecule has 0 heterocycles. The first kappa shape index (κ1) is 10.3. The van der Waals surface area contributed by atoms with Crippen LogP contribution in [0.25, 0.3) is 0 Å². The van der Waals surface area contributed by atoms with Crippen molar-refractivity contribution in [1.82, 2.24) is 5.48 Å². The highest BCUT2D eigenvalue weighted by molar-refractivity contribution is 6.33. The lowest BCUT2D eigenvalue weighted by molar-refractivity contribution is 0.160. The summed E-state index contributed by atoms with van der Waals surface area (Å²) in [6, 6.07) is 1.79. The topological polar surface area (TPSA) is 52.5 Å². The first-order chi connectivity index (χ1) is 6.07. The van der Waals surface area contributed by atoms with E-state index in [1.165, 1.54) is 0 Å². The molecule has 0 aromatic heterocycles. The fourth-order valence-corrected chi connectivity index (χ4v) is 1.42. The third-order valence-electron chi connectivity index (χ3n) is 2.09. The summed E-state index contributed by atoms with van der Waals surface area (Å²) in [6.07, 6.45) is 0. The lowest BCUT2D eigenvalue weighted by atomic mass is 10.1. The Morgan fingerprint density at radius 3 is 2.62 bits per heavy atom. The Morgan fingerprint density at radius 1 is 1.46 bits per heavy atom. The highest BCUT2D eigenvalue weighted by Crippen LogP contribution is 2.32. The molecule has 1 aromatic rings. The first-order valence-corrected chi connectivity index (χ1v) is 4.30. The van der Waals surface area contributed by atoms with Gasteiger partial charge in [-0.15, -0.1) is 0 Å². The second-order valence-corrected chi connectivity index (χ2v) is 3.35. The predicted molar refractivity (Wildman–Crippen MR) is 51.2 cm³/mol. The van der Waals surface area contributed by atoms with E-state index in [-0.39, 0.29) is 12.3 Å². The average Bonchev–Trinajstić information content (AvgIpc) is 2.11. The Morgan fingerprint density at radius 2 is 2.08 bits per heavy atom.